The first-order chi connectivity index (χ1) is 46.8. The summed E-state index contributed by atoms with van der Waals surface area (Å²) >= 11 is 0. The molecule has 0 fully saturated rings. The Bertz CT molecular complexity index is 3460. The lowest BCUT2D eigenvalue weighted by molar-refractivity contribution is -0.438. The molecule has 2 aliphatic heterocycles. The number of nitrogens with zero attached hydrogens (tertiary/aromatic N) is 4. The van der Waals surface area contributed by atoms with Crippen LogP contribution in [-0.4, -0.2) is 57.6 Å². The third-order valence-electron chi connectivity index (χ3n) is 20.6. The van der Waals surface area contributed by atoms with E-state index in [2.05, 4.69) is 146 Å². The number of hydrogen-bond acceptors (Lipinski definition) is 9. The summed E-state index contributed by atoms with van der Waals surface area (Å²) in [6.07, 6.45) is 40.0. The number of ether oxygens (including phenoxy) is 4. The first-order valence-corrected chi connectivity index (χ1v) is 37.1. The number of carbonyl (C=O) groups is 1. The number of ketones is 1. The molecule has 0 saturated carbocycles. The minimum Gasteiger partial charge on any atom is -0.871 e. The predicted octanol–water partition coefficient (Wildman–Crippen LogP) is 22.8. The smallest absolute Gasteiger partial charge is 0.209 e. The van der Waals surface area contributed by atoms with Crippen molar-refractivity contribution in [2.45, 2.75) is 232 Å². The minimum atomic E-state index is -0.558. The largest absolute Gasteiger partial charge is 0.871 e. The van der Waals surface area contributed by atoms with Crippen LogP contribution in [0.15, 0.2) is 168 Å². The van der Waals surface area contributed by atoms with Crippen molar-refractivity contribution in [3.8, 4) is 23.0 Å². The fourth-order valence-corrected chi connectivity index (χ4v) is 14.7. The molecule has 1 aliphatic carbocycles. The molecule has 6 aromatic rings. The zero-order chi connectivity index (χ0) is 67.9. The molecule has 0 bridgehead atoms. The summed E-state index contributed by atoms with van der Waals surface area (Å²) in [6, 6.07) is 46.2. The molecule has 0 unspecified atom stereocenters. The van der Waals surface area contributed by atoms with Gasteiger partial charge in [-0.3, -0.25) is 4.79 Å². The van der Waals surface area contributed by atoms with Crippen LogP contribution in [0.2, 0.25) is 0 Å². The van der Waals surface area contributed by atoms with Gasteiger partial charge in [0.05, 0.1) is 33.9 Å². The number of methoxy groups -OCH3 is 4. The molecule has 0 aromatic heterocycles. The number of Topliss-reactive ketones (excluding diaryl/α,β-unsaturated/α-hetero) is 1. The van der Waals surface area contributed by atoms with Crippen molar-refractivity contribution in [1.82, 2.24) is 0 Å². The first kappa shape index (κ1) is 72.5. The Hall–Kier alpha value is -7.72. The number of rotatable bonds is 42. The van der Waals surface area contributed by atoms with Crippen LogP contribution in [0.3, 0.4) is 0 Å². The molecule has 514 valence electrons. The van der Waals surface area contributed by atoms with Gasteiger partial charge in [0.15, 0.2) is 11.5 Å². The van der Waals surface area contributed by atoms with Crippen molar-refractivity contribution in [1.29, 1.82) is 0 Å². The van der Waals surface area contributed by atoms with Crippen LogP contribution in [0.4, 0.5) is 45.5 Å². The molecule has 0 atom stereocenters. The molecule has 10 nitrogen and oxygen atoms in total. The van der Waals surface area contributed by atoms with Crippen molar-refractivity contribution in [3.05, 3.63) is 179 Å². The van der Waals surface area contributed by atoms with Gasteiger partial charge in [-0.15, -0.1) is 0 Å². The summed E-state index contributed by atoms with van der Waals surface area (Å²) in [6.45, 7) is 15.2. The van der Waals surface area contributed by atoms with E-state index < -0.39 is 10.8 Å². The highest BCUT2D eigenvalue weighted by Crippen LogP contribution is 2.52. The Morgan fingerprint density at radius 1 is 0.417 bits per heavy atom. The summed E-state index contributed by atoms with van der Waals surface area (Å²) in [5.41, 5.74) is 11.8. The van der Waals surface area contributed by atoms with Crippen molar-refractivity contribution in [3.63, 3.8) is 0 Å². The SMILES string of the molecule is CCCCCCCCCCCCCCCCN1/C(=C/C2=C([O-])C(=C\C3=[N+](CCCCCCCCCCCCCCCC)c4ccc(N(c5ccc(OC)cc5)c5ccc(OC)cc5)cc4C3(C)C)/C2=O)C(C)(C)c2cc(N(c3ccc(OC)cc3)c3ccc(OC)cc3)ccc21. The highest BCUT2D eigenvalue weighted by molar-refractivity contribution is 6.24. The van der Waals surface area contributed by atoms with E-state index in [0.717, 1.165) is 130 Å². The number of unbranched alkanes of at least 4 members (excludes halogenated alkanes) is 26. The van der Waals surface area contributed by atoms with Gasteiger partial charge in [-0.2, -0.15) is 4.58 Å². The number of hydrogen-bond donors (Lipinski definition) is 0. The number of fused-ring (bicyclic) bond motifs is 2. The van der Waals surface area contributed by atoms with E-state index in [0.29, 0.717) is 0 Å². The Kier molecular flexibility index (Phi) is 27.2. The maximum atomic E-state index is 15.2. The second kappa shape index (κ2) is 36.0. The average Bonchev–Trinajstić information content (AvgIpc) is 1.57. The van der Waals surface area contributed by atoms with E-state index in [4.69, 9.17) is 18.9 Å². The van der Waals surface area contributed by atoms with E-state index in [9.17, 15) is 0 Å². The van der Waals surface area contributed by atoms with Crippen LogP contribution in [0.1, 0.15) is 232 Å². The maximum absolute atomic E-state index is 15.2. The lowest BCUT2D eigenvalue weighted by Gasteiger charge is -2.33. The lowest BCUT2D eigenvalue weighted by Crippen LogP contribution is -2.35. The van der Waals surface area contributed by atoms with Crippen molar-refractivity contribution >= 4 is 57.0 Å². The lowest BCUT2D eigenvalue weighted by atomic mass is 9.77. The van der Waals surface area contributed by atoms with Crippen LogP contribution in [-0.2, 0) is 15.6 Å². The second-order valence-corrected chi connectivity index (χ2v) is 28.2. The molecule has 3 aliphatic rings. The molecule has 0 spiro atoms. The summed E-state index contributed by atoms with van der Waals surface area (Å²) in [5.74, 6) is 2.76. The first-order valence-electron chi connectivity index (χ1n) is 37.1. The van der Waals surface area contributed by atoms with Crippen LogP contribution in [0.25, 0.3) is 0 Å². The van der Waals surface area contributed by atoms with Crippen LogP contribution in [0.5, 0.6) is 23.0 Å². The number of allylic oxidation sites excluding steroid dienone is 5. The predicted molar refractivity (Wildman–Crippen MR) is 400 cm³/mol. The molecular weight excluding hydrogens is 1180 g/mol. The third-order valence-corrected chi connectivity index (χ3v) is 20.6. The zero-order valence-corrected chi connectivity index (χ0v) is 60.3. The molecule has 6 aromatic carbocycles. The molecule has 96 heavy (non-hydrogen) atoms. The zero-order valence-electron chi connectivity index (χ0n) is 60.3. The molecular formula is C86H114N4O6. The number of carbonyl (C=O) groups excluding carboxylic acids is 1. The Labute approximate surface area is 578 Å². The van der Waals surface area contributed by atoms with Gasteiger partial charge >= 0.3 is 0 Å². The van der Waals surface area contributed by atoms with Crippen molar-refractivity contribution in [2.24, 2.45) is 0 Å². The Morgan fingerprint density at radius 3 is 1.14 bits per heavy atom. The molecule has 0 amide bonds. The normalized spacial score (nSPS) is 15.4. The standard InChI is InChI=1S/C86H114N4O6/c1-11-13-15-17-19-21-23-25-27-29-31-33-35-37-59-87-79-57-47-69(89(65-39-49-71(93-7)50-40-65)66-41-51-72(94-8)52-42-66)61-77(79)85(3,4)81(87)63-75-83(91)76(84(75)92)64-82-86(5,6)78-62-70(90(67-43-53-73(95-9)54-44-67)68-45-55-74(96-10)56-46-68)48-58-80(78)88(82)60-38-36-34-32-30-28-26-24-22-20-18-16-14-12-2/h39-58,61-64H,11-38,59-60H2,1-10H3. The summed E-state index contributed by atoms with van der Waals surface area (Å²) < 4.78 is 24.8. The Balaban J connectivity index is 1.01. The van der Waals surface area contributed by atoms with Crippen LogP contribution in [0, 0.1) is 0 Å². The quantitative estimate of drug-likeness (QED) is 0.0211. The van der Waals surface area contributed by atoms with Crippen LogP contribution < -0.4 is 38.8 Å². The van der Waals surface area contributed by atoms with Crippen molar-refractivity contribution in [2.75, 3.05) is 56.2 Å². The summed E-state index contributed by atoms with van der Waals surface area (Å²) in [7, 11) is 6.77. The van der Waals surface area contributed by atoms with Crippen molar-refractivity contribution < 1.29 is 33.4 Å². The fourth-order valence-electron chi connectivity index (χ4n) is 14.7. The maximum Gasteiger partial charge on any atom is 0.209 e. The van der Waals surface area contributed by atoms with Gasteiger partial charge in [0.2, 0.25) is 5.69 Å². The fraction of sp³-hybridized carbons (Fsp3) is 0.488. The average molecular weight is 1300 g/mol. The monoisotopic (exact) mass is 1300 g/mol. The van der Waals surface area contributed by atoms with Gasteiger partial charge < -0.3 is 38.8 Å². The second-order valence-electron chi connectivity index (χ2n) is 28.2. The highest BCUT2D eigenvalue weighted by Gasteiger charge is 2.47. The number of anilines is 7. The molecule has 9 rings (SSSR count). The molecule has 10 heteroatoms. The Morgan fingerprint density at radius 2 is 0.760 bits per heavy atom. The summed E-state index contributed by atoms with van der Waals surface area (Å²) in [4.78, 5) is 22.1. The molecule has 0 radical (unpaired) electrons. The van der Waals surface area contributed by atoms with Gasteiger partial charge in [0.1, 0.15) is 29.5 Å². The van der Waals surface area contributed by atoms with Gasteiger partial charge in [0.25, 0.3) is 0 Å². The highest BCUT2D eigenvalue weighted by atomic mass is 16.5. The molecule has 2 heterocycles. The molecule has 0 N–H and O–H groups in total. The molecule has 0 saturated heterocycles. The number of benzene rings is 6. The van der Waals surface area contributed by atoms with E-state index >= 15 is 9.90 Å². The van der Waals surface area contributed by atoms with E-state index in [1.54, 1.807) is 28.4 Å². The van der Waals surface area contributed by atoms with Gasteiger partial charge in [-0.25, -0.2) is 0 Å². The third kappa shape index (κ3) is 18.1. The van der Waals surface area contributed by atoms with E-state index in [-0.39, 0.29) is 22.7 Å². The van der Waals surface area contributed by atoms with E-state index in [1.807, 2.05) is 60.7 Å². The van der Waals surface area contributed by atoms with E-state index in [1.165, 1.54) is 154 Å². The topological polar surface area (TPSA) is 89.8 Å². The van der Waals surface area contributed by atoms with Gasteiger partial charge in [-0.05, 0) is 166 Å². The minimum absolute atomic E-state index is 0.192. The van der Waals surface area contributed by atoms with Crippen LogP contribution >= 0.6 is 0 Å². The van der Waals surface area contributed by atoms with Gasteiger partial charge in [-0.1, -0.05) is 194 Å². The summed E-state index contributed by atoms with van der Waals surface area (Å²) in [5, 5.41) is 15.2. The van der Waals surface area contributed by atoms with Gasteiger partial charge in [0, 0.05) is 92.7 Å².